The average Bonchev–Trinajstić information content (AvgIpc) is 2.69. The Morgan fingerprint density at radius 1 is 1.21 bits per heavy atom. The second-order valence-electron chi connectivity index (χ2n) is 7.10. The number of aliphatic carboxylic acids is 1. The molecule has 5 nitrogen and oxygen atoms in total. The van der Waals surface area contributed by atoms with Crippen LogP contribution in [0.4, 0.5) is 0 Å². The molecule has 0 aliphatic carbocycles. The van der Waals surface area contributed by atoms with Crippen molar-refractivity contribution >= 4 is 28.5 Å². The van der Waals surface area contributed by atoms with Crippen LogP contribution in [0.15, 0.2) is 47.3 Å². The van der Waals surface area contributed by atoms with E-state index in [9.17, 15) is 14.7 Å². The molecule has 2 aromatic carbocycles. The minimum Gasteiger partial charge on any atom is -0.479 e. The van der Waals surface area contributed by atoms with Crippen molar-refractivity contribution in [1.82, 2.24) is 4.57 Å². The second-order valence-corrected chi connectivity index (χ2v) is 7.53. The van der Waals surface area contributed by atoms with Crippen LogP contribution in [0.2, 0.25) is 5.02 Å². The fourth-order valence-corrected chi connectivity index (χ4v) is 3.68. The van der Waals surface area contributed by atoms with Gasteiger partial charge in [-0.2, -0.15) is 0 Å². The number of pyridine rings is 1. The Morgan fingerprint density at radius 2 is 1.90 bits per heavy atom. The van der Waals surface area contributed by atoms with Crippen molar-refractivity contribution < 1.29 is 14.6 Å². The summed E-state index contributed by atoms with van der Waals surface area (Å²) in [7, 11) is 1.71. The number of nitrogens with zero attached hydrogens (tertiary/aromatic N) is 1. The zero-order chi connectivity index (χ0) is 21.1. The lowest BCUT2D eigenvalue weighted by Crippen LogP contribution is -2.20. The van der Waals surface area contributed by atoms with E-state index in [1.54, 1.807) is 29.8 Å². The van der Waals surface area contributed by atoms with Crippen molar-refractivity contribution in [2.75, 3.05) is 6.61 Å². The van der Waals surface area contributed by atoms with Crippen LogP contribution in [0, 0.1) is 6.92 Å². The molecule has 0 spiro atoms. The van der Waals surface area contributed by atoms with Gasteiger partial charge in [0.2, 0.25) is 0 Å². The Labute approximate surface area is 174 Å². The van der Waals surface area contributed by atoms with Crippen molar-refractivity contribution in [3.05, 3.63) is 69.0 Å². The van der Waals surface area contributed by atoms with E-state index in [4.69, 9.17) is 16.3 Å². The molecule has 1 atom stereocenters. The first-order valence-electron chi connectivity index (χ1n) is 9.58. The lowest BCUT2D eigenvalue weighted by Gasteiger charge is -2.23. The van der Waals surface area contributed by atoms with Gasteiger partial charge in [0.15, 0.2) is 6.10 Å². The van der Waals surface area contributed by atoms with Crippen molar-refractivity contribution in [1.29, 1.82) is 0 Å². The van der Waals surface area contributed by atoms with Gasteiger partial charge in [0.05, 0.1) is 5.52 Å². The monoisotopic (exact) mass is 413 g/mol. The van der Waals surface area contributed by atoms with E-state index >= 15 is 0 Å². The van der Waals surface area contributed by atoms with Gasteiger partial charge in [0.25, 0.3) is 5.56 Å². The van der Waals surface area contributed by atoms with Crippen LogP contribution in [-0.2, 0) is 16.6 Å². The first kappa shape index (κ1) is 21.1. The number of carboxylic acids is 1. The van der Waals surface area contributed by atoms with Gasteiger partial charge in [0.1, 0.15) is 0 Å². The van der Waals surface area contributed by atoms with Gasteiger partial charge < -0.3 is 14.4 Å². The molecule has 1 aromatic heterocycles. The van der Waals surface area contributed by atoms with Crippen LogP contribution in [0.5, 0.6) is 0 Å². The number of aromatic nitrogens is 1. The quantitative estimate of drug-likeness (QED) is 0.546. The molecule has 152 valence electrons. The standard InChI is InChI=1S/C23H24ClNO4/c1-4-5-12-29-22(23(27)28)20-14(2)13-18-17(10-11-19(26)25(18)3)21(20)15-6-8-16(24)9-7-15/h6-11,13,22H,4-5,12H2,1-3H3,(H,27,28). The Morgan fingerprint density at radius 3 is 2.52 bits per heavy atom. The minimum absolute atomic E-state index is 0.124. The lowest BCUT2D eigenvalue weighted by molar-refractivity contribution is -0.151. The summed E-state index contributed by atoms with van der Waals surface area (Å²) >= 11 is 6.07. The highest BCUT2D eigenvalue weighted by Gasteiger charge is 2.28. The number of rotatable bonds is 7. The van der Waals surface area contributed by atoms with Crippen molar-refractivity contribution in [3.63, 3.8) is 0 Å². The molecule has 3 rings (SSSR count). The highest BCUT2D eigenvalue weighted by Crippen LogP contribution is 2.39. The largest absolute Gasteiger partial charge is 0.479 e. The van der Waals surface area contributed by atoms with Crippen molar-refractivity contribution in [2.24, 2.45) is 7.05 Å². The molecule has 3 aromatic rings. The fraction of sp³-hybridized carbons (Fsp3) is 0.304. The van der Waals surface area contributed by atoms with E-state index in [1.165, 1.54) is 6.07 Å². The number of hydrogen-bond donors (Lipinski definition) is 1. The lowest BCUT2D eigenvalue weighted by atomic mass is 9.88. The molecular weight excluding hydrogens is 390 g/mol. The first-order valence-corrected chi connectivity index (χ1v) is 9.96. The summed E-state index contributed by atoms with van der Waals surface area (Å²) < 4.78 is 7.37. The normalized spacial score (nSPS) is 12.3. The summed E-state index contributed by atoms with van der Waals surface area (Å²) in [5.41, 5.74) is 3.54. The Kier molecular flexibility index (Phi) is 6.40. The third-order valence-corrected chi connectivity index (χ3v) is 5.33. The van der Waals surface area contributed by atoms with Crippen LogP contribution in [-0.4, -0.2) is 22.2 Å². The van der Waals surface area contributed by atoms with Gasteiger partial charge in [-0.1, -0.05) is 37.1 Å². The SMILES string of the molecule is CCCCOC(C(=O)O)c1c(C)cc2c(ccc(=O)n2C)c1-c1ccc(Cl)cc1. The van der Waals surface area contributed by atoms with Gasteiger partial charge in [-0.05, 0) is 54.3 Å². The van der Waals surface area contributed by atoms with Crippen molar-refractivity contribution in [3.8, 4) is 11.1 Å². The number of carboxylic acid groups (broad SMARTS) is 1. The van der Waals surface area contributed by atoms with E-state index in [2.05, 4.69) is 0 Å². The number of aryl methyl sites for hydroxylation is 2. The molecule has 0 bridgehead atoms. The highest BCUT2D eigenvalue weighted by atomic mass is 35.5. The Balaban J connectivity index is 2.36. The van der Waals surface area contributed by atoms with E-state index in [0.29, 0.717) is 17.2 Å². The summed E-state index contributed by atoms with van der Waals surface area (Å²) in [6.07, 6.45) is 0.588. The summed E-state index contributed by atoms with van der Waals surface area (Å²) in [4.78, 5) is 24.3. The van der Waals surface area contributed by atoms with Crippen LogP contribution >= 0.6 is 11.6 Å². The van der Waals surface area contributed by atoms with E-state index in [-0.39, 0.29) is 5.56 Å². The fourth-order valence-electron chi connectivity index (χ4n) is 3.55. The number of hydrogen-bond acceptors (Lipinski definition) is 3. The molecule has 29 heavy (non-hydrogen) atoms. The smallest absolute Gasteiger partial charge is 0.337 e. The summed E-state index contributed by atoms with van der Waals surface area (Å²) in [5.74, 6) is -1.04. The van der Waals surface area contributed by atoms with Gasteiger partial charge in [-0.3, -0.25) is 4.79 Å². The molecule has 0 fully saturated rings. The second kappa shape index (κ2) is 8.80. The number of fused-ring (bicyclic) bond motifs is 1. The first-order chi connectivity index (χ1) is 13.8. The summed E-state index contributed by atoms with van der Waals surface area (Å²) in [6, 6.07) is 12.3. The summed E-state index contributed by atoms with van der Waals surface area (Å²) in [6.45, 7) is 4.24. The van der Waals surface area contributed by atoms with E-state index in [1.807, 2.05) is 32.0 Å². The molecule has 0 radical (unpaired) electrons. The zero-order valence-electron chi connectivity index (χ0n) is 16.7. The zero-order valence-corrected chi connectivity index (χ0v) is 17.5. The predicted molar refractivity (Wildman–Crippen MR) is 116 cm³/mol. The number of ether oxygens (including phenoxy) is 1. The number of carbonyl (C=O) groups is 1. The van der Waals surface area contributed by atoms with Crippen molar-refractivity contribution in [2.45, 2.75) is 32.8 Å². The minimum atomic E-state index is -1.10. The maximum absolute atomic E-state index is 12.2. The van der Waals surface area contributed by atoms with E-state index in [0.717, 1.165) is 40.4 Å². The van der Waals surface area contributed by atoms with Gasteiger partial charge in [-0.25, -0.2) is 4.79 Å². The molecule has 0 saturated heterocycles. The topological polar surface area (TPSA) is 68.5 Å². The van der Waals surface area contributed by atoms with Gasteiger partial charge >= 0.3 is 5.97 Å². The van der Waals surface area contributed by atoms with Gasteiger partial charge in [-0.15, -0.1) is 0 Å². The molecule has 0 amide bonds. The van der Waals surface area contributed by atoms with Gasteiger partial charge in [0, 0.05) is 35.7 Å². The van der Waals surface area contributed by atoms with E-state index < -0.39 is 12.1 Å². The molecule has 1 unspecified atom stereocenters. The van der Waals surface area contributed by atoms with Crippen LogP contribution in [0.3, 0.4) is 0 Å². The number of halogens is 1. The summed E-state index contributed by atoms with van der Waals surface area (Å²) in [5, 5.41) is 11.3. The average molecular weight is 414 g/mol. The van der Waals surface area contributed by atoms with Crippen LogP contribution in [0.1, 0.15) is 37.0 Å². The molecule has 6 heteroatoms. The Hall–Kier alpha value is -2.63. The molecular formula is C23H24ClNO4. The van der Waals surface area contributed by atoms with Crippen LogP contribution < -0.4 is 5.56 Å². The predicted octanol–water partition coefficient (Wildman–Crippen LogP) is 5.11. The maximum atomic E-state index is 12.2. The third kappa shape index (κ3) is 4.21. The molecule has 0 saturated carbocycles. The molecule has 0 aliphatic rings. The van der Waals surface area contributed by atoms with Crippen LogP contribution in [0.25, 0.3) is 22.0 Å². The molecule has 0 aliphatic heterocycles. The Bertz CT molecular complexity index is 1100. The number of benzene rings is 2. The number of unbranched alkanes of at least 4 members (excludes halogenated alkanes) is 1. The highest BCUT2D eigenvalue weighted by molar-refractivity contribution is 6.30. The molecule has 1 N–H and O–H groups in total. The molecule has 1 heterocycles. The maximum Gasteiger partial charge on any atom is 0.337 e. The third-order valence-electron chi connectivity index (χ3n) is 5.08.